The van der Waals surface area contributed by atoms with E-state index in [4.69, 9.17) is 9.47 Å². The molecule has 2 aliphatic heterocycles. The van der Waals surface area contributed by atoms with Crippen LogP contribution in [0.4, 0.5) is 0 Å². The van der Waals surface area contributed by atoms with Crippen molar-refractivity contribution in [1.29, 1.82) is 0 Å². The summed E-state index contributed by atoms with van der Waals surface area (Å²) in [5.41, 5.74) is 0.238. The fraction of sp³-hybridized carbons (Fsp3) is 1.00. The lowest BCUT2D eigenvalue weighted by Crippen LogP contribution is -2.39. The van der Waals surface area contributed by atoms with Crippen molar-refractivity contribution in [3.63, 3.8) is 0 Å². The highest BCUT2D eigenvalue weighted by Crippen LogP contribution is 2.65. The Balaban J connectivity index is 1.73. The van der Waals surface area contributed by atoms with E-state index in [9.17, 15) is 0 Å². The second-order valence-electron chi connectivity index (χ2n) is 6.22. The zero-order valence-corrected chi connectivity index (χ0v) is 10.8. The second-order valence-corrected chi connectivity index (χ2v) is 6.22. The third kappa shape index (κ3) is 1.32. The first-order valence-corrected chi connectivity index (χ1v) is 7.00. The van der Waals surface area contributed by atoms with Gasteiger partial charge >= 0.3 is 0 Å². The quantitative estimate of drug-likeness (QED) is 0.685. The average molecular weight is 224 g/mol. The lowest BCUT2D eigenvalue weighted by Gasteiger charge is -2.24. The Labute approximate surface area is 98.7 Å². The Morgan fingerprint density at radius 1 is 1.25 bits per heavy atom. The fourth-order valence-electron chi connectivity index (χ4n) is 3.90. The zero-order chi connectivity index (χ0) is 11.4. The molecule has 0 N–H and O–H groups in total. The molecular weight excluding hydrogens is 200 g/mol. The van der Waals surface area contributed by atoms with Crippen LogP contribution in [-0.4, -0.2) is 23.4 Å². The molecule has 0 radical (unpaired) electrons. The van der Waals surface area contributed by atoms with E-state index in [0.29, 0.717) is 12.2 Å². The van der Waals surface area contributed by atoms with Crippen molar-refractivity contribution in [2.45, 2.75) is 82.7 Å². The van der Waals surface area contributed by atoms with Crippen LogP contribution in [0.15, 0.2) is 0 Å². The molecule has 4 unspecified atom stereocenters. The molecule has 0 aromatic heterocycles. The molecule has 3 fully saturated rings. The number of hydrogen-bond acceptors (Lipinski definition) is 2. The van der Waals surface area contributed by atoms with Crippen LogP contribution < -0.4 is 0 Å². The van der Waals surface area contributed by atoms with Crippen molar-refractivity contribution in [3.05, 3.63) is 0 Å². The van der Waals surface area contributed by atoms with Gasteiger partial charge in [-0.15, -0.1) is 0 Å². The molecule has 0 aromatic carbocycles. The topological polar surface area (TPSA) is 25.1 Å². The molecule has 16 heavy (non-hydrogen) atoms. The smallest absolute Gasteiger partial charge is 0.126 e. The first-order valence-electron chi connectivity index (χ1n) is 7.00. The fourth-order valence-corrected chi connectivity index (χ4v) is 3.90. The summed E-state index contributed by atoms with van der Waals surface area (Å²) >= 11 is 0. The van der Waals surface area contributed by atoms with Crippen molar-refractivity contribution in [1.82, 2.24) is 0 Å². The van der Waals surface area contributed by atoms with Crippen LogP contribution in [0.5, 0.6) is 0 Å². The van der Waals surface area contributed by atoms with E-state index in [2.05, 4.69) is 20.8 Å². The van der Waals surface area contributed by atoms with Crippen molar-refractivity contribution >= 4 is 0 Å². The lowest BCUT2D eigenvalue weighted by molar-refractivity contribution is 0.140. The van der Waals surface area contributed by atoms with Gasteiger partial charge in [-0.25, -0.2) is 0 Å². The van der Waals surface area contributed by atoms with E-state index in [-0.39, 0.29) is 11.2 Å². The summed E-state index contributed by atoms with van der Waals surface area (Å²) in [7, 11) is 0. The maximum Gasteiger partial charge on any atom is 0.126 e. The predicted octanol–water partition coefficient (Wildman–Crippen LogP) is 3.29. The maximum atomic E-state index is 6.12. The van der Waals surface area contributed by atoms with Gasteiger partial charge in [0, 0.05) is 0 Å². The third-order valence-corrected chi connectivity index (χ3v) is 4.82. The molecule has 92 valence electrons. The Hall–Kier alpha value is -0.0800. The van der Waals surface area contributed by atoms with E-state index < -0.39 is 0 Å². The molecule has 1 aliphatic carbocycles. The van der Waals surface area contributed by atoms with Crippen LogP contribution >= 0.6 is 0 Å². The van der Waals surface area contributed by atoms with E-state index in [1.165, 1.54) is 32.1 Å². The summed E-state index contributed by atoms with van der Waals surface area (Å²) in [5.74, 6) is 0.732. The molecule has 2 heteroatoms. The zero-order valence-electron chi connectivity index (χ0n) is 10.8. The van der Waals surface area contributed by atoms with Gasteiger partial charge in [-0.3, -0.25) is 0 Å². The minimum absolute atomic E-state index is 0.0996. The third-order valence-electron chi connectivity index (χ3n) is 4.82. The highest BCUT2D eigenvalue weighted by atomic mass is 16.7. The molecule has 0 spiro atoms. The number of rotatable bonds is 4. The first kappa shape index (κ1) is 11.0. The summed E-state index contributed by atoms with van der Waals surface area (Å²) in [6.07, 6.45) is 8.50. The van der Waals surface area contributed by atoms with Crippen LogP contribution in [0.1, 0.15) is 59.3 Å². The standard InChI is InChI=1S/C14H24O2/c1-4-13(12(16-13)9-10(2)3)14-8-6-5-7-11(14)15-14/h10-12H,4-9H2,1-3H3. The van der Waals surface area contributed by atoms with E-state index >= 15 is 0 Å². The van der Waals surface area contributed by atoms with Gasteiger partial charge < -0.3 is 9.47 Å². The van der Waals surface area contributed by atoms with Gasteiger partial charge in [-0.2, -0.15) is 0 Å². The molecule has 0 bridgehead atoms. The van der Waals surface area contributed by atoms with Gasteiger partial charge in [0.2, 0.25) is 0 Å². The minimum Gasteiger partial charge on any atom is -0.363 e. The molecule has 4 atom stereocenters. The van der Waals surface area contributed by atoms with Gasteiger partial charge in [0.1, 0.15) is 11.2 Å². The predicted molar refractivity (Wildman–Crippen MR) is 63.4 cm³/mol. The van der Waals surface area contributed by atoms with Crippen molar-refractivity contribution in [2.24, 2.45) is 5.92 Å². The average Bonchev–Trinajstić information content (AvgIpc) is 3.09. The van der Waals surface area contributed by atoms with Gasteiger partial charge in [0.15, 0.2) is 0 Å². The van der Waals surface area contributed by atoms with Crippen LogP contribution in [0.3, 0.4) is 0 Å². The van der Waals surface area contributed by atoms with Crippen LogP contribution in [0.25, 0.3) is 0 Å². The Morgan fingerprint density at radius 3 is 2.69 bits per heavy atom. The molecular formula is C14H24O2. The largest absolute Gasteiger partial charge is 0.363 e. The minimum atomic E-state index is 0.0996. The first-order chi connectivity index (χ1) is 7.64. The monoisotopic (exact) mass is 224 g/mol. The maximum absolute atomic E-state index is 6.12. The van der Waals surface area contributed by atoms with E-state index in [0.717, 1.165) is 12.3 Å². The summed E-state index contributed by atoms with van der Waals surface area (Å²) in [5, 5.41) is 0. The van der Waals surface area contributed by atoms with Gasteiger partial charge in [-0.1, -0.05) is 33.6 Å². The summed E-state index contributed by atoms with van der Waals surface area (Å²) < 4.78 is 12.2. The summed E-state index contributed by atoms with van der Waals surface area (Å²) in [6.45, 7) is 6.83. The summed E-state index contributed by atoms with van der Waals surface area (Å²) in [6, 6.07) is 0. The Morgan fingerprint density at radius 2 is 2.06 bits per heavy atom. The Kier molecular flexibility index (Phi) is 2.38. The SMILES string of the molecule is CCC1(C23CCCCC2O3)OC1CC(C)C. The second kappa shape index (κ2) is 3.46. The highest BCUT2D eigenvalue weighted by Gasteiger charge is 2.78. The molecule has 3 rings (SSSR count). The van der Waals surface area contributed by atoms with E-state index in [1.54, 1.807) is 0 Å². The van der Waals surface area contributed by atoms with Crippen LogP contribution in [-0.2, 0) is 9.47 Å². The van der Waals surface area contributed by atoms with Crippen LogP contribution in [0, 0.1) is 5.92 Å². The molecule has 3 aliphatic rings. The number of epoxide rings is 2. The van der Waals surface area contributed by atoms with E-state index in [1.807, 2.05) is 0 Å². The van der Waals surface area contributed by atoms with Crippen molar-refractivity contribution < 1.29 is 9.47 Å². The lowest BCUT2D eigenvalue weighted by atomic mass is 9.75. The van der Waals surface area contributed by atoms with Crippen molar-refractivity contribution in [2.75, 3.05) is 0 Å². The van der Waals surface area contributed by atoms with Crippen molar-refractivity contribution in [3.8, 4) is 0 Å². The van der Waals surface area contributed by atoms with Gasteiger partial charge in [-0.05, 0) is 31.6 Å². The molecule has 0 aromatic rings. The number of ether oxygens (including phenoxy) is 2. The molecule has 1 saturated carbocycles. The van der Waals surface area contributed by atoms with Crippen LogP contribution in [0.2, 0.25) is 0 Å². The Bertz CT molecular complexity index is 288. The van der Waals surface area contributed by atoms with Gasteiger partial charge in [0.25, 0.3) is 0 Å². The molecule has 2 saturated heterocycles. The highest BCUT2D eigenvalue weighted by molar-refractivity contribution is 5.26. The van der Waals surface area contributed by atoms with Gasteiger partial charge in [0.05, 0.1) is 12.2 Å². The summed E-state index contributed by atoms with van der Waals surface area (Å²) in [4.78, 5) is 0. The molecule has 0 amide bonds. The number of hydrogen-bond donors (Lipinski definition) is 0. The number of fused-ring (bicyclic) bond motifs is 1. The molecule has 2 heterocycles. The molecule has 2 nitrogen and oxygen atoms in total. The normalized spacial score (nSPS) is 50.2.